The maximum atomic E-state index is 13.5. The van der Waals surface area contributed by atoms with E-state index in [-0.39, 0.29) is 5.82 Å². The molecule has 0 fully saturated rings. The quantitative estimate of drug-likeness (QED) is 0.656. The predicted molar refractivity (Wildman–Crippen MR) is 65.2 cm³/mol. The van der Waals surface area contributed by atoms with Crippen LogP contribution in [0.5, 0.6) is 0 Å². The van der Waals surface area contributed by atoms with Gasteiger partial charge in [0.25, 0.3) is 0 Å². The molecule has 2 nitrogen and oxygen atoms in total. The molecule has 0 atom stereocenters. The molecule has 0 N–H and O–H groups in total. The van der Waals surface area contributed by atoms with Crippen molar-refractivity contribution in [2.45, 2.75) is 6.54 Å². The van der Waals surface area contributed by atoms with Gasteiger partial charge in [0.05, 0.1) is 5.52 Å². The zero-order valence-corrected chi connectivity index (χ0v) is 9.18. The first-order valence-electron chi connectivity index (χ1n) is 5.47. The minimum absolute atomic E-state index is 0.174. The van der Waals surface area contributed by atoms with Gasteiger partial charge in [-0.05, 0) is 29.8 Å². The molecule has 0 aliphatic carbocycles. The van der Waals surface area contributed by atoms with Crippen molar-refractivity contribution in [2.75, 3.05) is 0 Å². The summed E-state index contributed by atoms with van der Waals surface area (Å²) in [6.45, 7) is 0.709. The van der Waals surface area contributed by atoms with Gasteiger partial charge in [-0.3, -0.25) is 4.98 Å². The van der Waals surface area contributed by atoms with E-state index in [0.717, 1.165) is 11.1 Å². The summed E-state index contributed by atoms with van der Waals surface area (Å²) in [5.41, 5.74) is 2.02. The smallest absolute Gasteiger partial charge is 0.132 e. The Balaban J connectivity index is 2.05. The van der Waals surface area contributed by atoms with Gasteiger partial charge in [0.2, 0.25) is 0 Å². The largest absolute Gasteiger partial charge is 0.343 e. The molecule has 0 amide bonds. The number of aromatic nitrogens is 2. The van der Waals surface area contributed by atoms with Crippen LogP contribution in [0.1, 0.15) is 5.56 Å². The number of hydrogen-bond acceptors (Lipinski definition) is 1. The van der Waals surface area contributed by atoms with Gasteiger partial charge in [-0.2, -0.15) is 0 Å². The molecule has 0 saturated carbocycles. The number of rotatable bonds is 2. The predicted octanol–water partition coefficient (Wildman–Crippen LogP) is 3.22. The SMILES string of the molecule is Fc1cccc2c1ccn2Cc1cccnc1. The summed E-state index contributed by atoms with van der Waals surface area (Å²) in [4.78, 5) is 4.08. The Kier molecular flexibility index (Phi) is 2.37. The average molecular weight is 226 g/mol. The van der Waals surface area contributed by atoms with E-state index in [1.165, 1.54) is 6.07 Å². The number of nitrogens with zero attached hydrogens (tertiary/aromatic N) is 2. The van der Waals surface area contributed by atoms with Crippen LogP contribution in [-0.2, 0) is 6.54 Å². The molecule has 0 aliphatic rings. The van der Waals surface area contributed by atoms with E-state index in [2.05, 4.69) is 4.98 Å². The van der Waals surface area contributed by atoms with E-state index >= 15 is 0 Å². The molecule has 84 valence electrons. The molecule has 17 heavy (non-hydrogen) atoms. The molecule has 0 spiro atoms. The van der Waals surface area contributed by atoms with E-state index in [1.54, 1.807) is 18.3 Å². The molecular weight excluding hydrogens is 215 g/mol. The Morgan fingerprint density at radius 1 is 1.12 bits per heavy atom. The van der Waals surface area contributed by atoms with Crippen LogP contribution >= 0.6 is 0 Å². The molecule has 3 heteroatoms. The Hall–Kier alpha value is -2.16. The Labute approximate surface area is 98.3 Å². The minimum Gasteiger partial charge on any atom is -0.343 e. The van der Waals surface area contributed by atoms with Crippen LogP contribution < -0.4 is 0 Å². The van der Waals surface area contributed by atoms with Gasteiger partial charge >= 0.3 is 0 Å². The van der Waals surface area contributed by atoms with E-state index in [1.807, 2.05) is 35.2 Å². The zero-order valence-electron chi connectivity index (χ0n) is 9.18. The Morgan fingerprint density at radius 2 is 2.06 bits per heavy atom. The van der Waals surface area contributed by atoms with Gasteiger partial charge in [0.15, 0.2) is 0 Å². The molecule has 0 aliphatic heterocycles. The molecule has 1 aromatic carbocycles. The first kappa shape index (κ1) is 10.0. The van der Waals surface area contributed by atoms with E-state index in [9.17, 15) is 4.39 Å². The van der Waals surface area contributed by atoms with Crippen molar-refractivity contribution in [3.8, 4) is 0 Å². The molecule has 0 unspecified atom stereocenters. The third kappa shape index (κ3) is 1.80. The highest BCUT2D eigenvalue weighted by Crippen LogP contribution is 2.19. The standard InChI is InChI=1S/C14H11FN2/c15-13-4-1-5-14-12(13)6-8-17(14)10-11-3-2-7-16-9-11/h1-9H,10H2. The second kappa shape index (κ2) is 4.01. The first-order chi connectivity index (χ1) is 8.34. The van der Waals surface area contributed by atoms with Gasteiger partial charge in [0, 0.05) is 30.5 Å². The van der Waals surface area contributed by atoms with Gasteiger partial charge in [0.1, 0.15) is 5.82 Å². The number of hydrogen-bond donors (Lipinski definition) is 0. The maximum absolute atomic E-state index is 13.5. The summed E-state index contributed by atoms with van der Waals surface area (Å²) in [6, 6.07) is 10.9. The van der Waals surface area contributed by atoms with E-state index in [4.69, 9.17) is 0 Å². The highest BCUT2D eigenvalue weighted by Gasteiger charge is 2.05. The molecule has 0 radical (unpaired) electrons. The van der Waals surface area contributed by atoms with Crippen LogP contribution in [0.3, 0.4) is 0 Å². The second-order valence-electron chi connectivity index (χ2n) is 3.98. The zero-order chi connectivity index (χ0) is 11.7. The second-order valence-corrected chi connectivity index (χ2v) is 3.98. The number of pyridine rings is 1. The maximum Gasteiger partial charge on any atom is 0.132 e. The molecule has 3 aromatic rings. The summed E-state index contributed by atoms with van der Waals surface area (Å²) < 4.78 is 15.5. The monoisotopic (exact) mass is 226 g/mol. The lowest BCUT2D eigenvalue weighted by Gasteiger charge is -2.05. The lowest BCUT2D eigenvalue weighted by atomic mass is 10.2. The molecular formula is C14H11FN2. The molecule has 3 rings (SSSR count). The van der Waals surface area contributed by atoms with Crippen molar-refractivity contribution in [1.82, 2.24) is 9.55 Å². The van der Waals surface area contributed by atoms with E-state index in [0.29, 0.717) is 11.9 Å². The van der Waals surface area contributed by atoms with Gasteiger partial charge < -0.3 is 4.57 Å². The lowest BCUT2D eigenvalue weighted by molar-refractivity contribution is 0.639. The van der Waals surface area contributed by atoms with Crippen molar-refractivity contribution in [3.63, 3.8) is 0 Å². The molecule has 2 heterocycles. The topological polar surface area (TPSA) is 17.8 Å². The van der Waals surface area contributed by atoms with E-state index < -0.39 is 0 Å². The van der Waals surface area contributed by atoms with Crippen molar-refractivity contribution >= 4 is 10.9 Å². The van der Waals surface area contributed by atoms with Crippen LogP contribution in [0.4, 0.5) is 4.39 Å². The Bertz CT molecular complexity index is 644. The van der Waals surface area contributed by atoms with Crippen molar-refractivity contribution in [3.05, 3.63) is 66.4 Å². The van der Waals surface area contributed by atoms with Crippen molar-refractivity contribution in [2.24, 2.45) is 0 Å². The van der Waals surface area contributed by atoms with Crippen molar-refractivity contribution < 1.29 is 4.39 Å². The molecule has 2 aromatic heterocycles. The van der Waals surface area contributed by atoms with Crippen LogP contribution in [0.2, 0.25) is 0 Å². The highest BCUT2D eigenvalue weighted by molar-refractivity contribution is 5.80. The summed E-state index contributed by atoms with van der Waals surface area (Å²) >= 11 is 0. The summed E-state index contributed by atoms with van der Waals surface area (Å²) in [5.74, 6) is -0.174. The molecule has 0 bridgehead atoms. The fourth-order valence-electron chi connectivity index (χ4n) is 2.01. The fourth-order valence-corrected chi connectivity index (χ4v) is 2.01. The van der Waals surface area contributed by atoms with Crippen LogP contribution in [0.15, 0.2) is 55.0 Å². The van der Waals surface area contributed by atoms with Gasteiger partial charge in [-0.25, -0.2) is 4.39 Å². The first-order valence-corrected chi connectivity index (χ1v) is 5.47. The highest BCUT2D eigenvalue weighted by atomic mass is 19.1. The minimum atomic E-state index is -0.174. The summed E-state index contributed by atoms with van der Waals surface area (Å²) in [5, 5.41) is 0.663. The van der Waals surface area contributed by atoms with Crippen LogP contribution in [-0.4, -0.2) is 9.55 Å². The summed E-state index contributed by atoms with van der Waals surface area (Å²) in [7, 11) is 0. The lowest BCUT2D eigenvalue weighted by Crippen LogP contribution is -1.97. The van der Waals surface area contributed by atoms with Gasteiger partial charge in [-0.1, -0.05) is 12.1 Å². The number of fused-ring (bicyclic) bond motifs is 1. The Morgan fingerprint density at radius 3 is 2.88 bits per heavy atom. The number of benzene rings is 1. The van der Waals surface area contributed by atoms with Gasteiger partial charge in [-0.15, -0.1) is 0 Å². The third-order valence-corrected chi connectivity index (χ3v) is 2.84. The van der Waals surface area contributed by atoms with Crippen LogP contribution in [0.25, 0.3) is 10.9 Å². The third-order valence-electron chi connectivity index (χ3n) is 2.84. The van der Waals surface area contributed by atoms with Crippen molar-refractivity contribution in [1.29, 1.82) is 0 Å². The van der Waals surface area contributed by atoms with Crippen LogP contribution in [0, 0.1) is 5.82 Å². The average Bonchev–Trinajstić information content (AvgIpc) is 2.76. The number of halogens is 1. The normalized spacial score (nSPS) is 10.9. The molecule has 0 saturated heterocycles. The summed E-state index contributed by atoms with van der Waals surface area (Å²) in [6.07, 6.45) is 5.48. The fraction of sp³-hybridized carbons (Fsp3) is 0.0714.